The molecule has 0 spiro atoms. The molecule has 1 aromatic rings. The van der Waals surface area contributed by atoms with E-state index in [-0.39, 0.29) is 12.5 Å². The normalized spacial score (nSPS) is 17.1. The summed E-state index contributed by atoms with van der Waals surface area (Å²) in [5, 5.41) is 8.89. The first kappa shape index (κ1) is 13.8. The lowest BCUT2D eigenvalue weighted by Gasteiger charge is -2.29. The largest absolute Gasteiger partial charge is 0.479 e. The van der Waals surface area contributed by atoms with Gasteiger partial charge in [-0.1, -0.05) is 0 Å². The van der Waals surface area contributed by atoms with Crippen molar-refractivity contribution in [1.29, 1.82) is 0 Å². The van der Waals surface area contributed by atoms with E-state index in [4.69, 9.17) is 14.6 Å². The molecule has 0 bridgehead atoms. The molecule has 19 heavy (non-hydrogen) atoms. The fraction of sp³-hybridized carbons (Fsp3) is 0.538. The van der Waals surface area contributed by atoms with Crippen LogP contribution in [-0.2, 0) is 16.1 Å². The van der Waals surface area contributed by atoms with Gasteiger partial charge in [-0.25, -0.2) is 0 Å². The van der Waals surface area contributed by atoms with Gasteiger partial charge in [0.25, 0.3) is 5.91 Å². The first-order valence-corrected chi connectivity index (χ1v) is 6.29. The van der Waals surface area contributed by atoms with Crippen LogP contribution >= 0.6 is 0 Å². The predicted molar refractivity (Wildman–Crippen MR) is 67.6 cm³/mol. The summed E-state index contributed by atoms with van der Waals surface area (Å²) in [7, 11) is 0. The molecular weight excluding hydrogens is 248 g/mol. The Morgan fingerprint density at radius 1 is 1.53 bits per heavy atom. The maximum atomic E-state index is 12.1. The molecule has 1 aliphatic rings. The lowest BCUT2D eigenvalue weighted by molar-refractivity contribution is -0.142. The zero-order valence-corrected chi connectivity index (χ0v) is 10.9. The molecule has 1 amide bonds. The van der Waals surface area contributed by atoms with Crippen molar-refractivity contribution in [3.8, 4) is 5.75 Å². The van der Waals surface area contributed by atoms with Crippen LogP contribution in [0.1, 0.15) is 12.6 Å². The SMILES string of the molecule is CC(Oc1ccc(CO)nc1)C(=O)N1CCOCC1. The molecule has 0 radical (unpaired) electrons. The van der Waals surface area contributed by atoms with Crippen molar-refractivity contribution in [1.82, 2.24) is 9.88 Å². The molecule has 1 N–H and O–H groups in total. The van der Waals surface area contributed by atoms with Gasteiger partial charge in [0.2, 0.25) is 0 Å². The fourth-order valence-corrected chi connectivity index (χ4v) is 1.87. The summed E-state index contributed by atoms with van der Waals surface area (Å²) < 4.78 is 10.8. The van der Waals surface area contributed by atoms with Gasteiger partial charge >= 0.3 is 0 Å². The zero-order chi connectivity index (χ0) is 13.7. The highest BCUT2D eigenvalue weighted by molar-refractivity contribution is 5.81. The van der Waals surface area contributed by atoms with Gasteiger partial charge < -0.3 is 19.5 Å². The first-order valence-electron chi connectivity index (χ1n) is 6.29. The summed E-state index contributed by atoms with van der Waals surface area (Å²) in [4.78, 5) is 17.9. The molecule has 1 aromatic heterocycles. The van der Waals surface area contributed by atoms with Gasteiger partial charge in [-0.15, -0.1) is 0 Å². The van der Waals surface area contributed by atoms with Crippen LogP contribution in [0.25, 0.3) is 0 Å². The Morgan fingerprint density at radius 3 is 2.84 bits per heavy atom. The van der Waals surface area contributed by atoms with E-state index < -0.39 is 6.10 Å². The second-order valence-corrected chi connectivity index (χ2v) is 4.34. The highest BCUT2D eigenvalue weighted by Crippen LogP contribution is 2.13. The number of hydrogen-bond donors (Lipinski definition) is 1. The highest BCUT2D eigenvalue weighted by Gasteiger charge is 2.23. The number of ether oxygens (including phenoxy) is 2. The van der Waals surface area contributed by atoms with Crippen LogP contribution in [0, 0.1) is 0 Å². The monoisotopic (exact) mass is 266 g/mol. The maximum absolute atomic E-state index is 12.1. The Balaban J connectivity index is 1.91. The van der Waals surface area contributed by atoms with E-state index in [2.05, 4.69) is 4.98 Å². The van der Waals surface area contributed by atoms with Crippen LogP contribution in [0.4, 0.5) is 0 Å². The van der Waals surface area contributed by atoms with Crippen molar-refractivity contribution in [2.45, 2.75) is 19.6 Å². The lowest BCUT2D eigenvalue weighted by Crippen LogP contribution is -2.46. The third-order valence-electron chi connectivity index (χ3n) is 2.94. The molecule has 2 heterocycles. The summed E-state index contributed by atoms with van der Waals surface area (Å²) in [6.07, 6.45) is 0.953. The summed E-state index contributed by atoms with van der Waals surface area (Å²) in [6.45, 7) is 3.97. The summed E-state index contributed by atoms with van der Waals surface area (Å²) in [6, 6.07) is 3.36. The molecule has 6 nitrogen and oxygen atoms in total. The number of carbonyl (C=O) groups is 1. The molecule has 0 saturated carbocycles. The number of nitrogens with zero attached hydrogens (tertiary/aromatic N) is 2. The van der Waals surface area contributed by atoms with E-state index in [0.717, 1.165) is 0 Å². The highest BCUT2D eigenvalue weighted by atomic mass is 16.5. The lowest BCUT2D eigenvalue weighted by atomic mass is 10.3. The molecule has 1 atom stereocenters. The Bertz CT molecular complexity index is 415. The van der Waals surface area contributed by atoms with Gasteiger partial charge in [0, 0.05) is 13.1 Å². The molecule has 1 unspecified atom stereocenters. The Kier molecular flexibility index (Phi) is 4.70. The minimum Gasteiger partial charge on any atom is -0.479 e. The van der Waals surface area contributed by atoms with Gasteiger partial charge in [-0.2, -0.15) is 0 Å². The second kappa shape index (κ2) is 6.49. The van der Waals surface area contributed by atoms with Crippen LogP contribution in [0.5, 0.6) is 5.75 Å². The second-order valence-electron chi connectivity index (χ2n) is 4.34. The van der Waals surface area contributed by atoms with Crippen LogP contribution < -0.4 is 4.74 Å². The van der Waals surface area contributed by atoms with E-state index in [1.165, 1.54) is 6.20 Å². The number of amides is 1. The topological polar surface area (TPSA) is 71.9 Å². The van der Waals surface area contributed by atoms with Crippen LogP contribution in [-0.4, -0.2) is 53.3 Å². The predicted octanol–water partition coefficient (Wildman–Crippen LogP) is 0.200. The van der Waals surface area contributed by atoms with E-state index >= 15 is 0 Å². The van der Waals surface area contributed by atoms with Crippen LogP contribution in [0.15, 0.2) is 18.3 Å². The molecule has 0 aromatic carbocycles. The summed E-state index contributed by atoms with van der Waals surface area (Å²) >= 11 is 0. The van der Waals surface area contributed by atoms with E-state index in [9.17, 15) is 4.79 Å². The smallest absolute Gasteiger partial charge is 0.263 e. The number of aliphatic hydroxyl groups excluding tert-OH is 1. The summed E-state index contributed by atoms with van der Waals surface area (Å²) in [5.41, 5.74) is 0.569. The number of aromatic nitrogens is 1. The standard InChI is InChI=1S/C13H18N2O4/c1-10(13(17)15-4-6-18-7-5-15)19-12-3-2-11(9-16)14-8-12/h2-3,8,10,16H,4-7,9H2,1H3. The van der Waals surface area contributed by atoms with Crippen molar-refractivity contribution in [2.24, 2.45) is 0 Å². The van der Waals surface area contributed by atoms with E-state index in [1.54, 1.807) is 24.0 Å². The minimum absolute atomic E-state index is 0.0467. The number of aliphatic hydroxyl groups is 1. The third kappa shape index (κ3) is 3.65. The van der Waals surface area contributed by atoms with Crippen molar-refractivity contribution in [3.05, 3.63) is 24.0 Å². The Hall–Kier alpha value is -1.66. The molecule has 6 heteroatoms. The minimum atomic E-state index is -0.556. The quantitative estimate of drug-likeness (QED) is 0.843. The number of morpholine rings is 1. The van der Waals surface area contributed by atoms with Crippen LogP contribution in [0.3, 0.4) is 0 Å². The van der Waals surface area contributed by atoms with Gasteiger partial charge in [-0.3, -0.25) is 9.78 Å². The number of rotatable bonds is 4. The van der Waals surface area contributed by atoms with Crippen LogP contribution in [0.2, 0.25) is 0 Å². The Morgan fingerprint density at radius 2 is 2.26 bits per heavy atom. The average Bonchev–Trinajstić information content (AvgIpc) is 2.48. The van der Waals surface area contributed by atoms with Gasteiger partial charge in [-0.05, 0) is 19.1 Å². The molecule has 2 rings (SSSR count). The van der Waals surface area contributed by atoms with E-state index in [0.29, 0.717) is 37.7 Å². The maximum Gasteiger partial charge on any atom is 0.263 e. The zero-order valence-electron chi connectivity index (χ0n) is 10.9. The molecule has 1 saturated heterocycles. The fourth-order valence-electron chi connectivity index (χ4n) is 1.87. The molecule has 1 aliphatic heterocycles. The number of carbonyl (C=O) groups excluding carboxylic acids is 1. The average molecular weight is 266 g/mol. The first-order chi connectivity index (χ1) is 9.20. The third-order valence-corrected chi connectivity index (χ3v) is 2.94. The van der Waals surface area contributed by atoms with Crippen molar-refractivity contribution >= 4 is 5.91 Å². The van der Waals surface area contributed by atoms with Gasteiger partial charge in [0.1, 0.15) is 5.75 Å². The molecule has 0 aliphatic carbocycles. The molecule has 104 valence electrons. The van der Waals surface area contributed by atoms with Gasteiger partial charge in [0.15, 0.2) is 6.10 Å². The summed E-state index contributed by atoms with van der Waals surface area (Å²) in [5.74, 6) is 0.473. The van der Waals surface area contributed by atoms with Gasteiger partial charge in [0.05, 0.1) is 31.7 Å². The number of pyridine rings is 1. The Labute approximate surface area is 112 Å². The molecule has 1 fully saturated rings. The van der Waals surface area contributed by atoms with Crippen molar-refractivity contribution < 1.29 is 19.4 Å². The van der Waals surface area contributed by atoms with Crippen molar-refractivity contribution in [2.75, 3.05) is 26.3 Å². The number of hydrogen-bond acceptors (Lipinski definition) is 5. The van der Waals surface area contributed by atoms with E-state index in [1.807, 2.05) is 0 Å². The molecular formula is C13H18N2O4. The van der Waals surface area contributed by atoms with Crippen molar-refractivity contribution in [3.63, 3.8) is 0 Å².